The highest BCUT2D eigenvalue weighted by molar-refractivity contribution is 7.99. The largest absolute Gasteiger partial charge is 0.453 e. The molecule has 0 saturated carbocycles. The first-order valence-electron chi connectivity index (χ1n) is 7.38. The van der Waals surface area contributed by atoms with Gasteiger partial charge in [-0.05, 0) is 46.8 Å². The molecule has 0 aliphatic heterocycles. The first-order chi connectivity index (χ1) is 10.2. The van der Waals surface area contributed by atoms with Crippen LogP contribution in [0.15, 0.2) is 29.2 Å². The maximum absolute atomic E-state index is 11.8. The van der Waals surface area contributed by atoms with E-state index in [1.165, 1.54) is 5.56 Å². The number of esters is 1. The second-order valence-electron chi connectivity index (χ2n) is 6.28. The summed E-state index contributed by atoms with van der Waals surface area (Å²) in [5, 5.41) is 2.79. The molecule has 1 N–H and O–H groups in total. The smallest absolute Gasteiger partial charge is 0.307 e. The van der Waals surface area contributed by atoms with E-state index in [1.54, 1.807) is 18.7 Å². The Kier molecular flexibility index (Phi) is 6.94. The van der Waals surface area contributed by atoms with Gasteiger partial charge in [0, 0.05) is 16.2 Å². The van der Waals surface area contributed by atoms with E-state index in [0.717, 1.165) is 4.90 Å². The van der Waals surface area contributed by atoms with Crippen molar-refractivity contribution in [1.82, 2.24) is 5.32 Å². The molecule has 0 aliphatic rings. The molecule has 1 amide bonds. The van der Waals surface area contributed by atoms with Crippen LogP contribution in [0.25, 0.3) is 0 Å². The van der Waals surface area contributed by atoms with Crippen molar-refractivity contribution in [3.63, 3.8) is 0 Å². The fourth-order valence-corrected chi connectivity index (χ4v) is 2.50. The van der Waals surface area contributed by atoms with Crippen LogP contribution in [-0.2, 0) is 14.3 Å². The highest BCUT2D eigenvalue weighted by atomic mass is 32.2. The van der Waals surface area contributed by atoms with Gasteiger partial charge in [0.1, 0.15) is 0 Å². The lowest BCUT2D eigenvalue weighted by Gasteiger charge is -2.23. The molecule has 0 fully saturated rings. The summed E-state index contributed by atoms with van der Waals surface area (Å²) in [5.41, 5.74) is 0.876. The third-order valence-corrected chi connectivity index (χ3v) is 3.79. The van der Waals surface area contributed by atoms with Crippen LogP contribution in [0.3, 0.4) is 0 Å². The third kappa shape index (κ3) is 7.50. The summed E-state index contributed by atoms with van der Waals surface area (Å²) in [5.74, 6) is 0.0124. The lowest BCUT2D eigenvalue weighted by Crippen LogP contribution is -2.46. The SMILES string of the molecule is Cc1ccc(SCCC(=O)OC(C)C(=O)NC(C)(C)C)cc1. The molecule has 122 valence electrons. The van der Waals surface area contributed by atoms with Crippen molar-refractivity contribution >= 4 is 23.6 Å². The molecule has 1 unspecified atom stereocenters. The molecule has 5 heteroatoms. The Hall–Kier alpha value is -1.49. The van der Waals surface area contributed by atoms with E-state index in [4.69, 9.17) is 4.74 Å². The normalized spacial score (nSPS) is 12.6. The molecule has 0 saturated heterocycles. The maximum atomic E-state index is 11.8. The van der Waals surface area contributed by atoms with Gasteiger partial charge in [-0.1, -0.05) is 17.7 Å². The Morgan fingerprint density at radius 1 is 1.23 bits per heavy atom. The number of rotatable bonds is 6. The fourth-order valence-electron chi connectivity index (χ4n) is 1.67. The lowest BCUT2D eigenvalue weighted by atomic mass is 10.1. The van der Waals surface area contributed by atoms with Gasteiger partial charge >= 0.3 is 5.97 Å². The van der Waals surface area contributed by atoms with Gasteiger partial charge < -0.3 is 10.1 Å². The van der Waals surface area contributed by atoms with Crippen LogP contribution in [0.5, 0.6) is 0 Å². The first kappa shape index (κ1) is 18.6. The zero-order valence-corrected chi connectivity index (χ0v) is 14.8. The Morgan fingerprint density at radius 3 is 2.36 bits per heavy atom. The molecule has 4 nitrogen and oxygen atoms in total. The Balaban J connectivity index is 2.30. The van der Waals surface area contributed by atoms with Crippen molar-refractivity contribution in [3.05, 3.63) is 29.8 Å². The van der Waals surface area contributed by atoms with E-state index in [1.807, 2.05) is 52.0 Å². The molecule has 1 aromatic carbocycles. The van der Waals surface area contributed by atoms with Crippen LogP contribution in [0.4, 0.5) is 0 Å². The average Bonchev–Trinajstić information content (AvgIpc) is 2.39. The maximum Gasteiger partial charge on any atom is 0.307 e. The molecule has 0 bridgehead atoms. The van der Waals surface area contributed by atoms with Crippen molar-refractivity contribution in [2.45, 2.75) is 57.6 Å². The monoisotopic (exact) mass is 323 g/mol. The lowest BCUT2D eigenvalue weighted by molar-refractivity contribution is -0.154. The predicted molar refractivity (Wildman–Crippen MR) is 90.0 cm³/mol. The van der Waals surface area contributed by atoms with Crippen molar-refractivity contribution in [3.8, 4) is 0 Å². The van der Waals surface area contributed by atoms with Crippen LogP contribution in [0, 0.1) is 6.92 Å². The third-order valence-electron chi connectivity index (χ3n) is 2.77. The highest BCUT2D eigenvalue weighted by Gasteiger charge is 2.22. The number of ether oxygens (including phenoxy) is 1. The van der Waals surface area contributed by atoms with Crippen molar-refractivity contribution < 1.29 is 14.3 Å². The number of benzene rings is 1. The molecule has 0 aromatic heterocycles. The second kappa shape index (κ2) is 8.22. The fraction of sp³-hybridized carbons (Fsp3) is 0.529. The topological polar surface area (TPSA) is 55.4 Å². The van der Waals surface area contributed by atoms with Crippen LogP contribution in [0.2, 0.25) is 0 Å². The van der Waals surface area contributed by atoms with E-state index in [-0.39, 0.29) is 23.8 Å². The molecule has 1 rings (SSSR count). The van der Waals surface area contributed by atoms with Crippen LogP contribution < -0.4 is 5.32 Å². The van der Waals surface area contributed by atoms with Crippen LogP contribution in [0.1, 0.15) is 39.7 Å². The van der Waals surface area contributed by atoms with E-state index in [9.17, 15) is 9.59 Å². The summed E-state index contributed by atoms with van der Waals surface area (Å²) in [6.45, 7) is 9.29. The van der Waals surface area contributed by atoms with Gasteiger partial charge in [-0.15, -0.1) is 11.8 Å². The number of carbonyl (C=O) groups excluding carboxylic acids is 2. The first-order valence-corrected chi connectivity index (χ1v) is 8.37. The van der Waals surface area contributed by atoms with E-state index < -0.39 is 6.10 Å². The molecular weight excluding hydrogens is 298 g/mol. The number of thioether (sulfide) groups is 1. The molecule has 0 aliphatic carbocycles. The Morgan fingerprint density at radius 2 is 1.82 bits per heavy atom. The summed E-state index contributed by atoms with van der Waals surface area (Å²) in [7, 11) is 0. The van der Waals surface area contributed by atoms with Gasteiger partial charge in [-0.3, -0.25) is 9.59 Å². The van der Waals surface area contributed by atoms with Gasteiger partial charge in [0.25, 0.3) is 5.91 Å². The van der Waals surface area contributed by atoms with Crippen LogP contribution >= 0.6 is 11.8 Å². The minimum atomic E-state index is -0.768. The summed E-state index contributed by atoms with van der Waals surface area (Å²) >= 11 is 1.60. The van der Waals surface area contributed by atoms with Crippen molar-refractivity contribution in [2.75, 3.05) is 5.75 Å². The summed E-state index contributed by atoms with van der Waals surface area (Å²) < 4.78 is 5.15. The zero-order valence-electron chi connectivity index (χ0n) is 13.9. The van der Waals surface area contributed by atoms with Crippen LogP contribution in [-0.4, -0.2) is 29.3 Å². The quantitative estimate of drug-likeness (QED) is 0.644. The van der Waals surface area contributed by atoms with Gasteiger partial charge in [-0.25, -0.2) is 0 Å². The highest BCUT2D eigenvalue weighted by Crippen LogP contribution is 2.19. The number of nitrogens with one attached hydrogen (secondary N) is 1. The summed E-state index contributed by atoms with van der Waals surface area (Å²) in [6, 6.07) is 8.15. The molecular formula is C17H25NO3S. The van der Waals surface area contributed by atoms with Gasteiger partial charge in [0.05, 0.1) is 6.42 Å². The number of hydrogen-bond donors (Lipinski definition) is 1. The molecule has 0 radical (unpaired) electrons. The minimum absolute atomic E-state index is 0.271. The van der Waals surface area contributed by atoms with E-state index >= 15 is 0 Å². The summed E-state index contributed by atoms with van der Waals surface area (Å²) in [6.07, 6.45) is -0.484. The number of aryl methyl sites for hydroxylation is 1. The Bertz CT molecular complexity index is 506. The molecule has 1 atom stereocenters. The minimum Gasteiger partial charge on any atom is -0.453 e. The number of hydrogen-bond acceptors (Lipinski definition) is 4. The van der Waals surface area contributed by atoms with Gasteiger partial charge in [0.15, 0.2) is 6.10 Å². The zero-order chi connectivity index (χ0) is 16.8. The standard InChI is InChI=1S/C17H25NO3S/c1-12-6-8-14(9-7-12)22-11-10-15(19)21-13(2)16(20)18-17(3,4)5/h6-9,13H,10-11H2,1-5H3,(H,18,20). The van der Waals surface area contributed by atoms with Crippen molar-refractivity contribution in [1.29, 1.82) is 0 Å². The van der Waals surface area contributed by atoms with E-state index in [0.29, 0.717) is 5.75 Å². The van der Waals surface area contributed by atoms with E-state index in [2.05, 4.69) is 5.32 Å². The molecule has 22 heavy (non-hydrogen) atoms. The van der Waals surface area contributed by atoms with Crippen molar-refractivity contribution in [2.24, 2.45) is 0 Å². The molecule has 0 spiro atoms. The molecule has 0 heterocycles. The average molecular weight is 323 g/mol. The number of carbonyl (C=O) groups is 2. The Labute approximate surface area is 137 Å². The predicted octanol–water partition coefficient (Wildman–Crippen LogP) is 3.32. The number of amides is 1. The van der Waals surface area contributed by atoms with Gasteiger partial charge in [-0.2, -0.15) is 0 Å². The molecule has 1 aromatic rings. The van der Waals surface area contributed by atoms with Gasteiger partial charge in [0.2, 0.25) is 0 Å². The second-order valence-corrected chi connectivity index (χ2v) is 7.45. The summed E-state index contributed by atoms with van der Waals surface area (Å²) in [4.78, 5) is 24.7.